The second-order valence-electron chi connectivity index (χ2n) is 10.1. The first kappa shape index (κ1) is 27.8. The largest absolute Gasteiger partial charge is 0.494 e. The lowest BCUT2D eigenvalue weighted by Gasteiger charge is -2.22. The van der Waals surface area contributed by atoms with Crippen LogP contribution in [0.3, 0.4) is 0 Å². The van der Waals surface area contributed by atoms with E-state index in [2.05, 4.69) is 59.4 Å². The number of anilines is 1. The lowest BCUT2D eigenvalue weighted by atomic mass is 10.0. The van der Waals surface area contributed by atoms with E-state index >= 15 is 0 Å². The van der Waals surface area contributed by atoms with Crippen LogP contribution in [0.2, 0.25) is 5.02 Å². The standard InChI is InChI=1S/C33H36ClN5O/c1-5-39(6-2)18-10-11-22(3)35-33-26-19-24(34)16-17-28(26)36-30-21-31(32(40-4)20-27(30)33)38-37-29-15-9-13-23-12-7-8-14-25(23)29/h7-9,12-17,19-22H,5-6,10-11,18H2,1-4H3,(H,35,36)/b38-37+. The summed E-state index contributed by atoms with van der Waals surface area (Å²) in [4.78, 5) is 7.43. The van der Waals surface area contributed by atoms with E-state index in [0.29, 0.717) is 16.5 Å². The maximum Gasteiger partial charge on any atom is 0.147 e. The maximum absolute atomic E-state index is 6.44. The van der Waals surface area contributed by atoms with Crippen LogP contribution in [0.1, 0.15) is 33.6 Å². The molecule has 0 aliphatic rings. The summed E-state index contributed by atoms with van der Waals surface area (Å²) in [7, 11) is 1.66. The highest BCUT2D eigenvalue weighted by atomic mass is 35.5. The number of azo groups is 1. The first-order valence-electron chi connectivity index (χ1n) is 14.0. The number of nitrogens with one attached hydrogen (secondary N) is 1. The van der Waals surface area contributed by atoms with Gasteiger partial charge in [0.25, 0.3) is 0 Å². The second-order valence-corrected chi connectivity index (χ2v) is 10.5. The molecule has 1 atom stereocenters. The van der Waals surface area contributed by atoms with Crippen molar-refractivity contribution in [3.63, 3.8) is 0 Å². The SMILES string of the molecule is CCN(CC)CCCC(C)Nc1c2cc(Cl)ccc2nc2cc(/N=N/c3cccc4ccccc34)c(OC)cc12. The van der Waals surface area contributed by atoms with Crippen molar-refractivity contribution in [2.75, 3.05) is 32.1 Å². The number of aromatic nitrogens is 1. The van der Waals surface area contributed by atoms with Crippen molar-refractivity contribution >= 4 is 61.2 Å². The molecule has 206 valence electrons. The van der Waals surface area contributed by atoms with E-state index in [9.17, 15) is 0 Å². The third-order valence-corrected chi connectivity index (χ3v) is 7.70. The van der Waals surface area contributed by atoms with Gasteiger partial charge in [-0.3, -0.25) is 0 Å². The van der Waals surface area contributed by atoms with Gasteiger partial charge >= 0.3 is 0 Å². The van der Waals surface area contributed by atoms with Gasteiger partial charge in [0.15, 0.2) is 0 Å². The molecule has 5 aromatic rings. The van der Waals surface area contributed by atoms with Crippen molar-refractivity contribution in [2.45, 2.75) is 39.7 Å². The smallest absolute Gasteiger partial charge is 0.147 e. The molecule has 40 heavy (non-hydrogen) atoms. The molecule has 5 rings (SSSR count). The lowest BCUT2D eigenvalue weighted by Crippen LogP contribution is -2.25. The van der Waals surface area contributed by atoms with Gasteiger partial charge in [0, 0.05) is 27.2 Å². The van der Waals surface area contributed by atoms with Crippen LogP contribution < -0.4 is 10.1 Å². The van der Waals surface area contributed by atoms with Crippen LogP contribution in [0.15, 0.2) is 83.0 Å². The second kappa shape index (κ2) is 12.6. The number of methoxy groups -OCH3 is 1. The summed E-state index contributed by atoms with van der Waals surface area (Å²) in [5.41, 5.74) is 4.13. The highest BCUT2D eigenvalue weighted by Gasteiger charge is 2.16. The molecule has 7 heteroatoms. The zero-order valence-electron chi connectivity index (χ0n) is 23.6. The van der Waals surface area contributed by atoms with Gasteiger partial charge in [-0.25, -0.2) is 4.98 Å². The fraction of sp³-hybridized carbons (Fsp3) is 0.303. The van der Waals surface area contributed by atoms with E-state index in [1.807, 2.05) is 54.6 Å². The number of halogens is 1. The predicted octanol–water partition coefficient (Wildman–Crippen LogP) is 9.54. The van der Waals surface area contributed by atoms with Gasteiger partial charge in [-0.1, -0.05) is 61.8 Å². The topological polar surface area (TPSA) is 62.1 Å². The molecule has 4 aromatic carbocycles. The van der Waals surface area contributed by atoms with Gasteiger partial charge in [0.05, 0.1) is 29.5 Å². The molecule has 0 aliphatic carbocycles. The number of benzene rings is 4. The van der Waals surface area contributed by atoms with E-state index in [1.165, 1.54) is 0 Å². The van der Waals surface area contributed by atoms with E-state index in [-0.39, 0.29) is 6.04 Å². The number of fused-ring (bicyclic) bond motifs is 3. The molecular weight excluding hydrogens is 518 g/mol. The number of hydrogen-bond acceptors (Lipinski definition) is 6. The Morgan fingerprint density at radius 1 is 0.875 bits per heavy atom. The quantitative estimate of drug-likeness (QED) is 0.131. The predicted molar refractivity (Wildman–Crippen MR) is 169 cm³/mol. The molecule has 0 radical (unpaired) electrons. The Labute approximate surface area is 241 Å². The minimum Gasteiger partial charge on any atom is -0.494 e. The molecule has 1 unspecified atom stereocenters. The molecule has 1 heterocycles. The van der Waals surface area contributed by atoms with Crippen molar-refractivity contribution < 1.29 is 4.74 Å². The zero-order chi connectivity index (χ0) is 28.1. The Kier molecular flexibility index (Phi) is 8.78. The Balaban J connectivity index is 1.53. The first-order valence-corrected chi connectivity index (χ1v) is 14.4. The van der Waals surface area contributed by atoms with Crippen molar-refractivity contribution in [3.05, 3.63) is 77.8 Å². The van der Waals surface area contributed by atoms with E-state index < -0.39 is 0 Å². The third kappa shape index (κ3) is 6.03. The molecule has 0 saturated heterocycles. The normalized spacial score (nSPS) is 12.7. The van der Waals surface area contributed by atoms with Crippen molar-refractivity contribution in [1.82, 2.24) is 9.88 Å². The molecular formula is C33H36ClN5O. The Morgan fingerprint density at radius 3 is 2.42 bits per heavy atom. The molecule has 6 nitrogen and oxygen atoms in total. The van der Waals surface area contributed by atoms with Crippen molar-refractivity contribution in [2.24, 2.45) is 10.2 Å². The van der Waals surface area contributed by atoms with Crippen LogP contribution >= 0.6 is 11.6 Å². The molecule has 1 N–H and O–H groups in total. The van der Waals surface area contributed by atoms with Gasteiger partial charge in [-0.2, -0.15) is 0 Å². The number of ether oxygens (including phenoxy) is 1. The fourth-order valence-electron chi connectivity index (χ4n) is 5.21. The number of nitrogens with zero attached hydrogens (tertiary/aromatic N) is 4. The van der Waals surface area contributed by atoms with E-state index in [1.54, 1.807) is 7.11 Å². The van der Waals surface area contributed by atoms with Gasteiger partial charge in [0.1, 0.15) is 11.4 Å². The Morgan fingerprint density at radius 2 is 1.62 bits per heavy atom. The minimum atomic E-state index is 0.264. The monoisotopic (exact) mass is 553 g/mol. The van der Waals surface area contributed by atoms with Gasteiger partial charge in [-0.15, -0.1) is 10.2 Å². The number of pyridine rings is 1. The maximum atomic E-state index is 6.44. The first-order chi connectivity index (χ1) is 19.5. The van der Waals surface area contributed by atoms with Crippen LogP contribution in [-0.4, -0.2) is 42.7 Å². The van der Waals surface area contributed by atoms with Crippen LogP contribution in [0.4, 0.5) is 17.1 Å². The number of hydrogen-bond donors (Lipinski definition) is 1. The summed E-state index contributed by atoms with van der Waals surface area (Å²) in [6, 6.07) is 24.3. The molecule has 0 saturated carbocycles. The molecule has 1 aromatic heterocycles. The zero-order valence-corrected chi connectivity index (χ0v) is 24.4. The highest BCUT2D eigenvalue weighted by molar-refractivity contribution is 6.31. The Hall–Kier alpha value is -3.74. The average molecular weight is 554 g/mol. The summed E-state index contributed by atoms with van der Waals surface area (Å²) in [6.45, 7) is 9.92. The molecule has 0 aliphatic heterocycles. The average Bonchev–Trinajstić information content (AvgIpc) is 2.98. The molecule has 0 bridgehead atoms. The lowest BCUT2D eigenvalue weighted by molar-refractivity contribution is 0.295. The van der Waals surface area contributed by atoms with Crippen LogP contribution in [0.25, 0.3) is 32.6 Å². The summed E-state index contributed by atoms with van der Waals surface area (Å²) in [5, 5.41) is 17.8. The minimum absolute atomic E-state index is 0.264. The van der Waals surface area contributed by atoms with Crippen LogP contribution in [-0.2, 0) is 0 Å². The summed E-state index contributed by atoms with van der Waals surface area (Å²) < 4.78 is 5.80. The van der Waals surface area contributed by atoms with E-state index in [4.69, 9.17) is 21.3 Å². The van der Waals surface area contributed by atoms with Crippen molar-refractivity contribution in [1.29, 1.82) is 0 Å². The summed E-state index contributed by atoms with van der Waals surface area (Å²) >= 11 is 6.44. The fourth-order valence-corrected chi connectivity index (χ4v) is 5.38. The van der Waals surface area contributed by atoms with Gasteiger partial charge in [0.2, 0.25) is 0 Å². The summed E-state index contributed by atoms with van der Waals surface area (Å²) in [5.74, 6) is 0.636. The van der Waals surface area contributed by atoms with E-state index in [0.717, 1.165) is 76.4 Å². The van der Waals surface area contributed by atoms with Crippen LogP contribution in [0.5, 0.6) is 5.75 Å². The molecule has 0 fully saturated rings. The Bertz CT molecular complexity index is 1660. The summed E-state index contributed by atoms with van der Waals surface area (Å²) in [6.07, 6.45) is 2.18. The molecule has 0 amide bonds. The molecule has 0 spiro atoms. The third-order valence-electron chi connectivity index (χ3n) is 7.46. The number of rotatable bonds is 11. The van der Waals surface area contributed by atoms with Gasteiger partial charge in [-0.05, 0) is 81.2 Å². The highest BCUT2D eigenvalue weighted by Crippen LogP contribution is 2.40. The van der Waals surface area contributed by atoms with Crippen molar-refractivity contribution in [3.8, 4) is 5.75 Å². The van der Waals surface area contributed by atoms with Crippen LogP contribution in [0, 0.1) is 0 Å². The van der Waals surface area contributed by atoms with Gasteiger partial charge < -0.3 is 15.0 Å².